The molecule has 1 aliphatic carbocycles. The molecule has 0 atom stereocenters. The van der Waals surface area contributed by atoms with E-state index in [1.165, 1.54) is 140 Å². The number of benzene rings is 4. The number of unbranched alkanes of at least 4 members (excludes halogenated alkanes) is 2. The molecule has 0 radical (unpaired) electrons. The standard InChI is InChI=1S/C47H58S2Si/c1-2-3-21-37-50(38-23-35-48-34-22-36-49-43-32-19-5-4-6-20-33-43)46(41-28-15-9-16-29-41)44(39-24-11-7-12-25-39)45(40-26-13-8-14-27-40)47(50)42-30-17-10-18-31-42/h7-18,24-31,43H,2-6,19-23,32-38H2,1H3. The van der Waals surface area contributed by atoms with Gasteiger partial charge in [-0.3, -0.25) is 0 Å². The van der Waals surface area contributed by atoms with Crippen LogP contribution in [0.2, 0.25) is 12.1 Å². The van der Waals surface area contributed by atoms with Crippen molar-refractivity contribution in [1.82, 2.24) is 0 Å². The van der Waals surface area contributed by atoms with Gasteiger partial charge in [0.25, 0.3) is 0 Å². The molecule has 1 aliphatic heterocycles. The first-order valence-electron chi connectivity index (χ1n) is 19.7. The zero-order chi connectivity index (χ0) is 34.3. The van der Waals surface area contributed by atoms with Crippen molar-refractivity contribution in [3.05, 3.63) is 144 Å². The van der Waals surface area contributed by atoms with E-state index in [4.69, 9.17) is 0 Å². The largest absolute Gasteiger partial charge is 0.162 e. The molecule has 262 valence electrons. The summed E-state index contributed by atoms with van der Waals surface area (Å²) in [5.74, 6) is 3.91. The molecule has 0 unspecified atom stereocenters. The molecule has 4 aromatic rings. The minimum absolute atomic E-state index is 0.917. The van der Waals surface area contributed by atoms with Crippen molar-refractivity contribution in [2.24, 2.45) is 0 Å². The number of hydrogen-bond acceptors (Lipinski definition) is 2. The van der Waals surface area contributed by atoms with E-state index in [0.29, 0.717) is 0 Å². The molecular weight excluding hydrogens is 657 g/mol. The highest BCUT2D eigenvalue weighted by Crippen LogP contribution is 2.59. The fourth-order valence-electron chi connectivity index (χ4n) is 8.57. The van der Waals surface area contributed by atoms with Crippen LogP contribution in [0.3, 0.4) is 0 Å². The van der Waals surface area contributed by atoms with E-state index < -0.39 is 8.07 Å². The van der Waals surface area contributed by atoms with E-state index in [2.05, 4.69) is 152 Å². The second-order valence-electron chi connectivity index (χ2n) is 14.4. The van der Waals surface area contributed by atoms with E-state index in [-0.39, 0.29) is 0 Å². The quantitative estimate of drug-likeness (QED) is 0.0789. The third-order valence-corrected chi connectivity index (χ3v) is 18.9. The Morgan fingerprint density at radius 1 is 0.480 bits per heavy atom. The van der Waals surface area contributed by atoms with Crippen LogP contribution in [0.5, 0.6) is 0 Å². The molecule has 0 nitrogen and oxygen atoms in total. The summed E-state index contributed by atoms with van der Waals surface area (Å²) < 4.78 is 0. The monoisotopic (exact) mass is 714 g/mol. The Balaban J connectivity index is 1.35. The molecule has 4 aromatic carbocycles. The Morgan fingerprint density at radius 2 is 0.920 bits per heavy atom. The fraction of sp³-hybridized carbons (Fsp3) is 0.404. The molecule has 0 aromatic heterocycles. The first-order valence-corrected chi connectivity index (χ1v) is 24.3. The number of thioether (sulfide) groups is 2. The maximum Gasteiger partial charge on any atom is 0.121 e. The average molecular weight is 715 g/mol. The number of hydrogen-bond donors (Lipinski definition) is 0. The topological polar surface area (TPSA) is 0 Å². The van der Waals surface area contributed by atoms with Gasteiger partial charge < -0.3 is 0 Å². The molecule has 2 aliphatic rings. The van der Waals surface area contributed by atoms with Gasteiger partial charge in [-0.05, 0) is 98.8 Å². The Kier molecular flexibility index (Phi) is 14.6. The van der Waals surface area contributed by atoms with Crippen LogP contribution in [0.25, 0.3) is 21.5 Å². The number of rotatable bonds is 17. The molecule has 6 rings (SSSR count). The van der Waals surface area contributed by atoms with Crippen LogP contribution in [0.15, 0.2) is 121 Å². The highest BCUT2D eigenvalue weighted by molar-refractivity contribution is 8.00. The van der Waals surface area contributed by atoms with Crippen LogP contribution in [0, 0.1) is 0 Å². The molecule has 3 heteroatoms. The Bertz CT molecular complexity index is 1520. The minimum Gasteiger partial charge on any atom is -0.162 e. The zero-order valence-electron chi connectivity index (χ0n) is 30.5. The van der Waals surface area contributed by atoms with Crippen molar-refractivity contribution in [2.45, 2.75) is 101 Å². The highest BCUT2D eigenvalue weighted by Gasteiger charge is 2.49. The van der Waals surface area contributed by atoms with Crippen LogP contribution < -0.4 is 0 Å². The second-order valence-corrected chi connectivity index (χ2v) is 21.2. The summed E-state index contributed by atoms with van der Waals surface area (Å²) in [7, 11) is -2.27. The van der Waals surface area contributed by atoms with E-state index in [9.17, 15) is 0 Å². The lowest BCUT2D eigenvalue weighted by Crippen LogP contribution is -2.37. The summed E-state index contributed by atoms with van der Waals surface area (Å²) in [6.07, 6.45) is 16.7. The lowest BCUT2D eigenvalue weighted by molar-refractivity contribution is 0.513. The first-order chi connectivity index (χ1) is 24.8. The van der Waals surface area contributed by atoms with Gasteiger partial charge in [0.15, 0.2) is 0 Å². The Labute approximate surface area is 313 Å². The van der Waals surface area contributed by atoms with Gasteiger partial charge >= 0.3 is 0 Å². The van der Waals surface area contributed by atoms with Gasteiger partial charge in [0, 0.05) is 5.25 Å². The molecule has 0 bridgehead atoms. The van der Waals surface area contributed by atoms with Gasteiger partial charge in [0.05, 0.1) is 0 Å². The number of allylic oxidation sites excluding steroid dienone is 2. The van der Waals surface area contributed by atoms with Crippen molar-refractivity contribution >= 4 is 53.1 Å². The summed E-state index contributed by atoms with van der Waals surface area (Å²) >= 11 is 4.51. The van der Waals surface area contributed by atoms with E-state index in [1.54, 1.807) is 10.4 Å². The SMILES string of the molecule is CCCCC[Si]1(CCCSCCCSC2CCCCCCC2)C(c2ccccc2)=C(c2ccccc2)C(c2ccccc2)=C1c1ccccc1. The maximum absolute atomic E-state index is 2.42. The molecule has 0 amide bonds. The molecule has 1 saturated carbocycles. The molecular formula is C47H58S2Si. The molecule has 0 spiro atoms. The molecule has 50 heavy (non-hydrogen) atoms. The maximum atomic E-state index is 2.42. The lowest BCUT2D eigenvalue weighted by Gasteiger charge is -2.35. The molecule has 0 N–H and O–H groups in total. The van der Waals surface area contributed by atoms with Gasteiger partial charge in [-0.25, -0.2) is 0 Å². The summed E-state index contributed by atoms with van der Waals surface area (Å²) in [4.78, 5) is 0. The fourth-order valence-corrected chi connectivity index (χ4v) is 17.3. The summed E-state index contributed by atoms with van der Waals surface area (Å²) in [5.41, 5.74) is 8.58. The summed E-state index contributed by atoms with van der Waals surface area (Å²) in [6, 6.07) is 48.5. The van der Waals surface area contributed by atoms with E-state index in [0.717, 1.165) is 5.25 Å². The van der Waals surface area contributed by atoms with Gasteiger partial charge in [-0.2, -0.15) is 23.5 Å². The van der Waals surface area contributed by atoms with Gasteiger partial charge in [0.2, 0.25) is 0 Å². The van der Waals surface area contributed by atoms with Gasteiger partial charge in [-0.1, -0.05) is 180 Å². The highest BCUT2D eigenvalue weighted by atomic mass is 32.2. The molecule has 1 heterocycles. The minimum atomic E-state index is -2.27. The smallest absolute Gasteiger partial charge is 0.121 e. The third-order valence-electron chi connectivity index (χ3n) is 10.9. The zero-order valence-corrected chi connectivity index (χ0v) is 33.1. The Hall–Kier alpha value is -2.72. The second kappa shape index (κ2) is 19.8. The molecule has 1 fully saturated rings. The molecule has 0 saturated heterocycles. The lowest BCUT2D eigenvalue weighted by atomic mass is 9.89. The summed E-state index contributed by atoms with van der Waals surface area (Å²) in [5, 5.41) is 4.28. The third kappa shape index (κ3) is 9.38. The van der Waals surface area contributed by atoms with Crippen LogP contribution in [-0.2, 0) is 0 Å². The van der Waals surface area contributed by atoms with Gasteiger partial charge in [-0.15, -0.1) is 0 Å². The van der Waals surface area contributed by atoms with Crippen LogP contribution in [0.4, 0.5) is 0 Å². The van der Waals surface area contributed by atoms with E-state index >= 15 is 0 Å². The van der Waals surface area contributed by atoms with E-state index in [1.807, 2.05) is 0 Å². The Morgan fingerprint density at radius 3 is 1.42 bits per heavy atom. The van der Waals surface area contributed by atoms with Crippen molar-refractivity contribution < 1.29 is 0 Å². The van der Waals surface area contributed by atoms with Crippen molar-refractivity contribution in [3.63, 3.8) is 0 Å². The predicted molar refractivity (Wildman–Crippen MR) is 229 cm³/mol. The van der Waals surface area contributed by atoms with Crippen LogP contribution >= 0.6 is 23.5 Å². The van der Waals surface area contributed by atoms with Crippen LogP contribution in [-0.4, -0.2) is 30.6 Å². The average Bonchev–Trinajstić information content (AvgIpc) is 3.45. The van der Waals surface area contributed by atoms with Crippen molar-refractivity contribution in [1.29, 1.82) is 0 Å². The predicted octanol–water partition coefficient (Wildman–Crippen LogP) is 14.3. The normalized spacial score (nSPS) is 16.8. The van der Waals surface area contributed by atoms with Crippen molar-refractivity contribution in [3.8, 4) is 0 Å². The van der Waals surface area contributed by atoms with Crippen molar-refractivity contribution in [2.75, 3.05) is 17.3 Å². The first kappa shape index (κ1) is 37.0. The van der Waals surface area contributed by atoms with Crippen LogP contribution in [0.1, 0.15) is 106 Å². The summed E-state index contributed by atoms with van der Waals surface area (Å²) in [6.45, 7) is 2.36. The van der Waals surface area contributed by atoms with Gasteiger partial charge in [0.1, 0.15) is 8.07 Å².